The largest absolute Gasteiger partial charge is 0.477 e. The minimum Gasteiger partial charge on any atom is -0.443 e. The van der Waals surface area contributed by atoms with Gasteiger partial charge in [-0.05, 0) is 10.9 Å². The number of hydrogen-bond acceptors (Lipinski definition) is 3. The molecule has 3 nitrogen and oxygen atoms in total. The molecule has 0 spiro atoms. The van der Waals surface area contributed by atoms with Crippen LogP contribution in [0.25, 0.3) is 0 Å². The molecule has 0 heterocycles. The summed E-state index contributed by atoms with van der Waals surface area (Å²) in [4.78, 5) is 0. The Hall–Kier alpha value is -1.97. The Morgan fingerprint density at radius 3 is 1.12 bits per heavy atom. The molecule has 0 aromatic heterocycles. The first-order valence-electron chi connectivity index (χ1n) is 6.84. The van der Waals surface area contributed by atoms with Crippen LogP contribution >= 0.6 is 0 Å². The predicted octanol–water partition coefficient (Wildman–Crippen LogP) is 1.82. The molecule has 0 radical (unpaired) electrons. The summed E-state index contributed by atoms with van der Waals surface area (Å²) in [6, 6.07) is 6.78. The maximum absolute atomic E-state index is 12.5. The highest BCUT2D eigenvalue weighted by atomic mass is 19.4. The van der Waals surface area contributed by atoms with Crippen molar-refractivity contribution in [2.45, 2.75) is 12.4 Å². The van der Waals surface area contributed by atoms with Crippen molar-refractivity contribution < 1.29 is 41.0 Å². The van der Waals surface area contributed by atoms with E-state index < -0.39 is 37.7 Å². The summed E-state index contributed by atoms with van der Waals surface area (Å²) in [5.41, 5.74) is -1.96. The predicted molar refractivity (Wildman–Crippen MR) is 79.2 cm³/mol. The quantitative estimate of drug-likeness (QED) is 0.645. The third kappa shape index (κ3) is 5.00. The van der Waals surface area contributed by atoms with Gasteiger partial charge in [0.05, 0.1) is 11.1 Å². The maximum atomic E-state index is 12.5. The molecule has 2 aromatic carbocycles. The van der Waals surface area contributed by atoms with E-state index in [2.05, 4.69) is 0 Å². The van der Waals surface area contributed by atoms with E-state index in [0.29, 0.717) is 0 Å². The molecular formula is C14H10B2F6O3. The van der Waals surface area contributed by atoms with Crippen LogP contribution in [0.15, 0.2) is 48.5 Å². The summed E-state index contributed by atoms with van der Waals surface area (Å²) in [7, 11) is -3.53. The summed E-state index contributed by atoms with van der Waals surface area (Å²) in [5, 5.41) is 19.6. The first-order valence-corrected chi connectivity index (χ1v) is 6.84. The minimum atomic E-state index is -4.54. The van der Waals surface area contributed by atoms with Gasteiger partial charge in [0.25, 0.3) is 0 Å². The molecule has 2 aromatic rings. The van der Waals surface area contributed by atoms with Crippen LogP contribution in [0.2, 0.25) is 0 Å². The van der Waals surface area contributed by atoms with Crippen molar-refractivity contribution in [1.29, 1.82) is 0 Å². The molecule has 0 unspecified atom stereocenters. The third-order valence-electron chi connectivity index (χ3n) is 3.30. The van der Waals surface area contributed by atoms with Crippen molar-refractivity contribution >= 4 is 25.2 Å². The van der Waals surface area contributed by atoms with Gasteiger partial charge in [0.2, 0.25) is 0 Å². The molecule has 0 saturated heterocycles. The van der Waals surface area contributed by atoms with Crippen molar-refractivity contribution in [2.75, 3.05) is 0 Å². The topological polar surface area (TPSA) is 49.7 Å². The first kappa shape index (κ1) is 19.4. The van der Waals surface area contributed by atoms with Gasteiger partial charge in [0, 0.05) is 0 Å². The molecule has 2 rings (SSSR count). The Labute approximate surface area is 139 Å². The van der Waals surface area contributed by atoms with E-state index >= 15 is 0 Å². The molecule has 0 aliphatic carbocycles. The van der Waals surface area contributed by atoms with E-state index in [0.717, 1.165) is 48.5 Å². The van der Waals surface area contributed by atoms with Gasteiger partial charge in [-0.2, -0.15) is 26.3 Å². The van der Waals surface area contributed by atoms with Gasteiger partial charge in [-0.25, -0.2) is 0 Å². The fourth-order valence-corrected chi connectivity index (χ4v) is 1.95. The lowest BCUT2D eigenvalue weighted by Gasteiger charge is -2.14. The Balaban J connectivity index is 2.05. The number of halogens is 6. The van der Waals surface area contributed by atoms with Gasteiger partial charge >= 0.3 is 26.6 Å². The SMILES string of the molecule is OB(OB(O)c1ccc(C(F)(F)F)cc1)c1ccc(C(F)(F)F)cc1. The smallest absolute Gasteiger partial charge is 0.443 e. The lowest BCUT2D eigenvalue weighted by atomic mass is 9.71. The molecule has 0 fully saturated rings. The molecular weight excluding hydrogens is 352 g/mol. The van der Waals surface area contributed by atoms with Crippen LogP contribution in [0.5, 0.6) is 0 Å². The van der Waals surface area contributed by atoms with E-state index in [1.54, 1.807) is 0 Å². The van der Waals surface area contributed by atoms with Crippen LogP contribution < -0.4 is 10.9 Å². The zero-order chi connectivity index (χ0) is 18.8. The fourth-order valence-electron chi connectivity index (χ4n) is 1.95. The van der Waals surface area contributed by atoms with E-state index in [1.165, 1.54) is 0 Å². The van der Waals surface area contributed by atoms with Crippen molar-refractivity contribution in [3.63, 3.8) is 0 Å². The van der Waals surface area contributed by atoms with Crippen LogP contribution in [0, 0.1) is 0 Å². The molecule has 0 saturated carbocycles. The highest BCUT2D eigenvalue weighted by Crippen LogP contribution is 2.29. The summed E-state index contributed by atoms with van der Waals surface area (Å²) in [6.45, 7) is 0. The monoisotopic (exact) mass is 362 g/mol. The first-order chi connectivity index (χ1) is 11.5. The van der Waals surface area contributed by atoms with Crippen molar-refractivity contribution in [2.24, 2.45) is 0 Å². The van der Waals surface area contributed by atoms with Gasteiger partial charge in [-0.15, -0.1) is 0 Å². The van der Waals surface area contributed by atoms with Crippen LogP contribution in [-0.2, 0) is 16.9 Å². The van der Waals surface area contributed by atoms with Crippen LogP contribution in [0.3, 0.4) is 0 Å². The summed E-state index contributed by atoms with van der Waals surface area (Å²) in [5.74, 6) is 0. The van der Waals surface area contributed by atoms with Gasteiger partial charge in [0.15, 0.2) is 0 Å². The second-order valence-electron chi connectivity index (χ2n) is 5.08. The zero-order valence-electron chi connectivity index (χ0n) is 12.3. The molecule has 25 heavy (non-hydrogen) atoms. The van der Waals surface area contributed by atoms with Gasteiger partial charge in [-0.3, -0.25) is 0 Å². The van der Waals surface area contributed by atoms with E-state index in [4.69, 9.17) is 4.57 Å². The van der Waals surface area contributed by atoms with Crippen LogP contribution in [0.4, 0.5) is 26.3 Å². The number of alkyl halides is 6. The molecule has 0 aliphatic heterocycles. The van der Waals surface area contributed by atoms with E-state index in [-0.39, 0.29) is 10.9 Å². The van der Waals surface area contributed by atoms with Crippen molar-refractivity contribution in [3.05, 3.63) is 59.7 Å². The zero-order valence-corrected chi connectivity index (χ0v) is 12.3. The van der Waals surface area contributed by atoms with Crippen molar-refractivity contribution in [3.8, 4) is 0 Å². The normalized spacial score (nSPS) is 12.2. The Bertz CT molecular complexity index is 639. The van der Waals surface area contributed by atoms with E-state index in [1.807, 2.05) is 0 Å². The average molecular weight is 362 g/mol. The highest BCUT2D eigenvalue weighted by Gasteiger charge is 2.33. The summed E-state index contributed by atoms with van der Waals surface area (Å²) in [6.07, 6.45) is -9.08. The Morgan fingerprint density at radius 2 is 0.880 bits per heavy atom. The number of hydrogen-bond donors (Lipinski definition) is 2. The molecule has 132 valence electrons. The lowest BCUT2D eigenvalue weighted by Crippen LogP contribution is -2.45. The molecule has 0 amide bonds. The molecule has 0 aliphatic rings. The lowest BCUT2D eigenvalue weighted by molar-refractivity contribution is -0.138. The summed E-state index contributed by atoms with van der Waals surface area (Å²) >= 11 is 0. The van der Waals surface area contributed by atoms with E-state index in [9.17, 15) is 36.4 Å². The number of rotatable bonds is 4. The molecule has 11 heteroatoms. The second-order valence-corrected chi connectivity index (χ2v) is 5.08. The molecule has 0 bridgehead atoms. The third-order valence-corrected chi connectivity index (χ3v) is 3.30. The second kappa shape index (κ2) is 7.11. The summed E-state index contributed by atoms with van der Waals surface area (Å²) < 4.78 is 79.6. The number of benzene rings is 2. The van der Waals surface area contributed by atoms with Gasteiger partial charge in [0.1, 0.15) is 0 Å². The Kier molecular flexibility index (Phi) is 5.50. The fraction of sp³-hybridized carbons (Fsp3) is 0.143. The van der Waals surface area contributed by atoms with Crippen LogP contribution in [0.1, 0.15) is 11.1 Å². The minimum absolute atomic E-state index is 0.0565. The Morgan fingerprint density at radius 1 is 0.600 bits per heavy atom. The molecule has 0 atom stereocenters. The highest BCUT2D eigenvalue weighted by molar-refractivity contribution is 6.73. The van der Waals surface area contributed by atoms with Gasteiger partial charge < -0.3 is 14.6 Å². The van der Waals surface area contributed by atoms with Crippen LogP contribution in [-0.4, -0.2) is 24.3 Å². The average Bonchev–Trinajstić information content (AvgIpc) is 2.53. The van der Waals surface area contributed by atoms with Gasteiger partial charge in [-0.1, -0.05) is 48.5 Å². The molecule has 2 N–H and O–H groups in total. The maximum Gasteiger partial charge on any atom is 0.477 e. The standard InChI is InChI=1S/C14H10B2F6O3/c17-13(18,19)9-1-5-11(6-2-9)15(23)25-16(24)12-7-3-10(4-8-12)14(20,21)22/h1-8,23-24H. The van der Waals surface area contributed by atoms with Crippen molar-refractivity contribution in [1.82, 2.24) is 0 Å².